The molecule has 0 aliphatic carbocycles. The fraction of sp³-hybridized carbons (Fsp3) is 0.370. The molecule has 0 aliphatic rings. The SMILES string of the molecule is CN(C(=O)c1ccc(C#Cc2ccc(CC(CCO)CCO)cc2)cc1)C(C=O)C(=O)CCO. The van der Waals surface area contributed by atoms with Gasteiger partial charge in [0.2, 0.25) is 0 Å². The lowest BCUT2D eigenvalue weighted by atomic mass is 9.93. The van der Waals surface area contributed by atoms with E-state index in [-0.39, 0.29) is 32.2 Å². The van der Waals surface area contributed by atoms with Crippen molar-refractivity contribution in [1.82, 2.24) is 4.90 Å². The van der Waals surface area contributed by atoms with Crippen LogP contribution in [0.1, 0.15) is 46.3 Å². The maximum Gasteiger partial charge on any atom is 0.254 e. The number of aliphatic hydroxyl groups excluding tert-OH is 3. The van der Waals surface area contributed by atoms with Crippen LogP contribution in [-0.2, 0) is 16.0 Å². The van der Waals surface area contributed by atoms with E-state index in [0.717, 1.165) is 22.4 Å². The van der Waals surface area contributed by atoms with Crippen LogP contribution >= 0.6 is 0 Å². The van der Waals surface area contributed by atoms with E-state index in [1.165, 1.54) is 7.05 Å². The van der Waals surface area contributed by atoms with Gasteiger partial charge in [-0.05, 0) is 67.1 Å². The second-order valence-corrected chi connectivity index (χ2v) is 8.06. The quantitative estimate of drug-likeness (QED) is 0.249. The minimum absolute atomic E-state index is 0.106. The van der Waals surface area contributed by atoms with Crippen molar-refractivity contribution in [3.63, 3.8) is 0 Å². The zero-order chi connectivity index (χ0) is 24.9. The van der Waals surface area contributed by atoms with Crippen LogP contribution in [0.5, 0.6) is 0 Å². The molecular weight excluding hydrogens is 434 g/mol. The summed E-state index contributed by atoms with van der Waals surface area (Å²) in [5.74, 6) is 5.38. The smallest absolute Gasteiger partial charge is 0.254 e. The number of aliphatic hydroxyl groups is 3. The number of likely N-dealkylation sites (N-methyl/N-ethyl adjacent to an activating group) is 1. The molecule has 0 heterocycles. The molecule has 2 rings (SSSR count). The number of nitrogens with zero attached hydrogens (tertiary/aromatic N) is 1. The highest BCUT2D eigenvalue weighted by Gasteiger charge is 2.26. The number of carbonyl (C=O) groups is 3. The molecule has 0 radical (unpaired) electrons. The van der Waals surface area contributed by atoms with Crippen molar-refractivity contribution in [2.75, 3.05) is 26.9 Å². The molecular formula is C27H31NO6. The number of amides is 1. The number of rotatable bonds is 12. The van der Waals surface area contributed by atoms with Gasteiger partial charge in [-0.15, -0.1) is 0 Å². The molecule has 7 nitrogen and oxygen atoms in total. The van der Waals surface area contributed by atoms with Crippen molar-refractivity contribution in [3.8, 4) is 11.8 Å². The molecule has 0 bridgehead atoms. The van der Waals surface area contributed by atoms with Crippen molar-refractivity contribution < 1.29 is 29.7 Å². The maximum absolute atomic E-state index is 12.6. The van der Waals surface area contributed by atoms with E-state index in [0.29, 0.717) is 30.3 Å². The fourth-order valence-electron chi connectivity index (χ4n) is 3.58. The molecule has 0 aromatic heterocycles. The predicted octanol–water partition coefficient (Wildman–Crippen LogP) is 1.60. The Balaban J connectivity index is 2.04. The first-order chi connectivity index (χ1) is 16.4. The van der Waals surface area contributed by atoms with Crippen molar-refractivity contribution in [2.24, 2.45) is 5.92 Å². The minimum atomic E-state index is -1.23. The third-order valence-corrected chi connectivity index (χ3v) is 5.59. The largest absolute Gasteiger partial charge is 0.396 e. The van der Waals surface area contributed by atoms with Crippen molar-refractivity contribution in [1.29, 1.82) is 0 Å². The summed E-state index contributed by atoms with van der Waals surface area (Å²) in [5, 5.41) is 27.2. The Labute approximate surface area is 200 Å². The first-order valence-corrected chi connectivity index (χ1v) is 11.2. The van der Waals surface area contributed by atoms with Gasteiger partial charge in [0, 0.05) is 43.4 Å². The van der Waals surface area contributed by atoms with Gasteiger partial charge >= 0.3 is 0 Å². The van der Waals surface area contributed by atoms with Gasteiger partial charge < -0.3 is 25.0 Å². The van der Waals surface area contributed by atoms with Gasteiger partial charge in [-0.2, -0.15) is 0 Å². The number of hydrogen-bond acceptors (Lipinski definition) is 6. The Hall–Kier alpha value is -3.31. The van der Waals surface area contributed by atoms with E-state index < -0.39 is 17.7 Å². The second-order valence-electron chi connectivity index (χ2n) is 8.06. The number of benzene rings is 2. The van der Waals surface area contributed by atoms with Crippen LogP contribution in [-0.4, -0.2) is 71.1 Å². The summed E-state index contributed by atoms with van der Waals surface area (Å²) in [6.45, 7) is -0.169. The average Bonchev–Trinajstić information content (AvgIpc) is 2.84. The molecule has 3 N–H and O–H groups in total. The van der Waals surface area contributed by atoms with Gasteiger partial charge in [-0.25, -0.2) is 0 Å². The number of aldehydes is 1. The Kier molecular flexibility index (Phi) is 11.1. The fourth-order valence-corrected chi connectivity index (χ4v) is 3.58. The van der Waals surface area contributed by atoms with Gasteiger partial charge in [0.05, 0.1) is 6.61 Å². The summed E-state index contributed by atoms with van der Waals surface area (Å²) < 4.78 is 0. The number of Topliss-reactive ketones (excluding diaryl/α,β-unsaturated/α-hetero) is 1. The zero-order valence-electron chi connectivity index (χ0n) is 19.3. The van der Waals surface area contributed by atoms with Crippen molar-refractivity contribution >= 4 is 18.0 Å². The van der Waals surface area contributed by atoms with Crippen molar-refractivity contribution in [2.45, 2.75) is 31.7 Å². The maximum atomic E-state index is 12.6. The molecule has 180 valence electrons. The zero-order valence-corrected chi connectivity index (χ0v) is 19.3. The van der Waals surface area contributed by atoms with E-state index in [1.54, 1.807) is 24.3 Å². The minimum Gasteiger partial charge on any atom is -0.396 e. The summed E-state index contributed by atoms with van der Waals surface area (Å²) in [5.41, 5.74) is 2.98. The Bertz CT molecular complexity index is 998. The van der Waals surface area contributed by atoms with Crippen LogP contribution in [0, 0.1) is 17.8 Å². The highest BCUT2D eigenvalue weighted by Crippen LogP contribution is 2.16. The van der Waals surface area contributed by atoms with Gasteiger partial charge in [-0.1, -0.05) is 24.0 Å². The number of ketones is 1. The standard InChI is InChI=1S/C27H31NO6/c1-28(25(19-32)26(33)14-17-31)27(34)24-10-8-21(9-11-24)3-2-20-4-6-22(7-5-20)18-23(12-15-29)13-16-30/h4-11,19,23,25,29-31H,12-18H2,1H3. The Morgan fingerprint density at radius 1 is 0.882 bits per heavy atom. The molecule has 0 saturated heterocycles. The van der Waals surface area contributed by atoms with Crippen LogP contribution < -0.4 is 0 Å². The number of hydrogen-bond donors (Lipinski definition) is 3. The second kappa shape index (κ2) is 14.1. The van der Waals surface area contributed by atoms with Gasteiger partial charge in [0.1, 0.15) is 12.3 Å². The van der Waals surface area contributed by atoms with E-state index in [4.69, 9.17) is 15.3 Å². The van der Waals surface area contributed by atoms with Gasteiger partial charge in [0.25, 0.3) is 5.91 Å². The third-order valence-electron chi connectivity index (χ3n) is 5.59. The molecule has 1 unspecified atom stereocenters. The van der Waals surface area contributed by atoms with Crippen LogP contribution in [0.4, 0.5) is 0 Å². The first kappa shape index (κ1) is 26.9. The Morgan fingerprint density at radius 2 is 1.41 bits per heavy atom. The summed E-state index contributed by atoms with van der Waals surface area (Å²) in [4.78, 5) is 36.9. The molecule has 2 aromatic carbocycles. The van der Waals surface area contributed by atoms with Crippen LogP contribution in [0.15, 0.2) is 48.5 Å². The van der Waals surface area contributed by atoms with Gasteiger partial charge in [-0.3, -0.25) is 9.59 Å². The highest BCUT2D eigenvalue weighted by molar-refractivity contribution is 6.04. The summed E-state index contributed by atoms with van der Waals surface area (Å²) >= 11 is 0. The molecule has 34 heavy (non-hydrogen) atoms. The van der Waals surface area contributed by atoms with E-state index in [1.807, 2.05) is 24.3 Å². The van der Waals surface area contributed by atoms with Crippen molar-refractivity contribution in [3.05, 3.63) is 70.8 Å². The lowest BCUT2D eigenvalue weighted by Gasteiger charge is -2.22. The molecule has 2 aromatic rings. The first-order valence-electron chi connectivity index (χ1n) is 11.2. The van der Waals surface area contributed by atoms with Crippen LogP contribution in [0.3, 0.4) is 0 Å². The lowest BCUT2D eigenvalue weighted by Crippen LogP contribution is -2.43. The topological polar surface area (TPSA) is 115 Å². The molecule has 0 saturated carbocycles. The van der Waals surface area contributed by atoms with E-state index in [9.17, 15) is 14.4 Å². The van der Waals surface area contributed by atoms with E-state index >= 15 is 0 Å². The molecule has 0 fully saturated rings. The molecule has 7 heteroatoms. The predicted molar refractivity (Wildman–Crippen MR) is 128 cm³/mol. The molecule has 0 spiro atoms. The molecule has 1 atom stereocenters. The van der Waals surface area contributed by atoms with Crippen LogP contribution in [0.2, 0.25) is 0 Å². The van der Waals surface area contributed by atoms with Crippen LogP contribution in [0.25, 0.3) is 0 Å². The summed E-state index contributed by atoms with van der Waals surface area (Å²) in [7, 11) is 1.38. The average molecular weight is 466 g/mol. The monoisotopic (exact) mass is 465 g/mol. The molecule has 1 amide bonds. The molecule has 0 aliphatic heterocycles. The Morgan fingerprint density at radius 3 is 1.88 bits per heavy atom. The third kappa shape index (κ3) is 7.92. The van der Waals surface area contributed by atoms with E-state index in [2.05, 4.69) is 11.8 Å². The highest BCUT2D eigenvalue weighted by atomic mass is 16.3. The summed E-state index contributed by atoms with van der Waals surface area (Å²) in [6.07, 6.45) is 2.31. The lowest BCUT2D eigenvalue weighted by molar-refractivity contribution is -0.128. The van der Waals surface area contributed by atoms with Gasteiger partial charge in [0.15, 0.2) is 5.78 Å². The number of carbonyl (C=O) groups excluding carboxylic acids is 3. The summed E-state index contributed by atoms with van der Waals surface area (Å²) in [6, 6.07) is 13.2. The normalized spacial score (nSPS) is 11.4.